The standard InChI is InChI=1S/C13H16ClN3O/c14-11-4-10(5-12(15)16-11)13(18)17-6-8-2-1-3-9(8)7-17/h4-5,8-9H,1-3,6-7H2,(H2,15,16). The summed E-state index contributed by atoms with van der Waals surface area (Å²) in [5.41, 5.74) is 6.17. The van der Waals surface area contributed by atoms with Crippen LogP contribution in [0.25, 0.3) is 0 Å². The number of likely N-dealkylation sites (tertiary alicyclic amines) is 1. The van der Waals surface area contributed by atoms with Gasteiger partial charge in [-0.15, -0.1) is 0 Å². The van der Waals surface area contributed by atoms with Gasteiger partial charge in [0.25, 0.3) is 5.91 Å². The van der Waals surface area contributed by atoms with Crippen molar-refractivity contribution in [3.05, 3.63) is 22.8 Å². The van der Waals surface area contributed by atoms with Gasteiger partial charge in [-0.25, -0.2) is 4.98 Å². The van der Waals surface area contributed by atoms with Gasteiger partial charge in [0.15, 0.2) is 0 Å². The van der Waals surface area contributed by atoms with E-state index in [1.807, 2.05) is 4.90 Å². The topological polar surface area (TPSA) is 59.2 Å². The van der Waals surface area contributed by atoms with E-state index in [2.05, 4.69) is 4.98 Å². The van der Waals surface area contributed by atoms with Crippen LogP contribution in [0.1, 0.15) is 29.6 Å². The molecule has 4 nitrogen and oxygen atoms in total. The highest BCUT2D eigenvalue weighted by atomic mass is 35.5. The van der Waals surface area contributed by atoms with Crippen molar-refractivity contribution in [3.63, 3.8) is 0 Å². The molecule has 0 spiro atoms. The number of hydrogen-bond acceptors (Lipinski definition) is 3. The number of hydrogen-bond donors (Lipinski definition) is 1. The molecule has 0 radical (unpaired) electrons. The van der Waals surface area contributed by atoms with Crippen LogP contribution in [0.5, 0.6) is 0 Å². The van der Waals surface area contributed by atoms with Crippen LogP contribution in [0, 0.1) is 11.8 Å². The van der Waals surface area contributed by atoms with Crippen LogP contribution < -0.4 is 5.73 Å². The fourth-order valence-corrected chi connectivity index (χ4v) is 3.44. The monoisotopic (exact) mass is 265 g/mol. The molecule has 2 atom stereocenters. The van der Waals surface area contributed by atoms with E-state index in [0.29, 0.717) is 23.2 Å². The smallest absolute Gasteiger partial charge is 0.254 e. The minimum Gasteiger partial charge on any atom is -0.384 e. The molecule has 2 aliphatic rings. The number of rotatable bonds is 1. The van der Waals surface area contributed by atoms with E-state index < -0.39 is 0 Å². The Morgan fingerprint density at radius 3 is 2.61 bits per heavy atom. The molecule has 3 rings (SSSR count). The molecular formula is C13H16ClN3O. The highest BCUT2D eigenvalue weighted by molar-refractivity contribution is 6.29. The second-order valence-corrected chi connectivity index (χ2v) is 5.65. The lowest BCUT2D eigenvalue weighted by molar-refractivity contribution is 0.0780. The van der Waals surface area contributed by atoms with Crippen LogP contribution >= 0.6 is 11.6 Å². The van der Waals surface area contributed by atoms with Crippen molar-refractivity contribution in [1.29, 1.82) is 0 Å². The maximum Gasteiger partial charge on any atom is 0.254 e. The summed E-state index contributed by atoms with van der Waals surface area (Å²) >= 11 is 5.83. The first kappa shape index (κ1) is 11.8. The molecule has 1 aliphatic heterocycles. The van der Waals surface area contributed by atoms with Crippen molar-refractivity contribution in [1.82, 2.24) is 9.88 Å². The van der Waals surface area contributed by atoms with E-state index in [0.717, 1.165) is 13.1 Å². The zero-order valence-corrected chi connectivity index (χ0v) is 10.9. The Labute approximate surface area is 111 Å². The number of pyridine rings is 1. The van der Waals surface area contributed by atoms with Gasteiger partial charge < -0.3 is 10.6 Å². The molecule has 96 valence electrons. The quantitative estimate of drug-likeness (QED) is 0.792. The molecular weight excluding hydrogens is 250 g/mol. The third-order valence-corrected chi connectivity index (χ3v) is 4.27. The summed E-state index contributed by atoms with van der Waals surface area (Å²) in [4.78, 5) is 18.2. The van der Waals surface area contributed by atoms with E-state index in [4.69, 9.17) is 17.3 Å². The van der Waals surface area contributed by atoms with Crippen molar-refractivity contribution in [2.75, 3.05) is 18.8 Å². The van der Waals surface area contributed by atoms with Gasteiger partial charge in [-0.05, 0) is 36.8 Å². The lowest BCUT2D eigenvalue weighted by Gasteiger charge is -2.17. The molecule has 0 aromatic carbocycles. The first-order chi connectivity index (χ1) is 8.63. The zero-order chi connectivity index (χ0) is 12.7. The Bertz CT molecular complexity index is 459. The summed E-state index contributed by atoms with van der Waals surface area (Å²) < 4.78 is 0. The van der Waals surface area contributed by atoms with Crippen molar-refractivity contribution >= 4 is 23.3 Å². The molecule has 1 aromatic rings. The number of halogens is 1. The van der Waals surface area contributed by atoms with Crippen LogP contribution in [0.4, 0.5) is 5.82 Å². The lowest BCUT2D eigenvalue weighted by atomic mass is 10.0. The average molecular weight is 266 g/mol. The molecule has 1 saturated carbocycles. The van der Waals surface area contributed by atoms with Gasteiger partial charge in [0.1, 0.15) is 11.0 Å². The largest absolute Gasteiger partial charge is 0.384 e. The van der Waals surface area contributed by atoms with Crippen molar-refractivity contribution < 1.29 is 4.79 Å². The first-order valence-electron chi connectivity index (χ1n) is 6.36. The zero-order valence-electron chi connectivity index (χ0n) is 10.1. The number of fused-ring (bicyclic) bond motifs is 1. The molecule has 5 heteroatoms. The fourth-order valence-electron chi connectivity index (χ4n) is 3.22. The molecule has 1 aliphatic carbocycles. The molecule has 18 heavy (non-hydrogen) atoms. The van der Waals surface area contributed by atoms with E-state index in [1.54, 1.807) is 12.1 Å². The summed E-state index contributed by atoms with van der Waals surface area (Å²) in [7, 11) is 0. The lowest BCUT2D eigenvalue weighted by Crippen LogP contribution is -2.29. The third kappa shape index (κ3) is 2.05. The number of carbonyl (C=O) groups excluding carboxylic acids is 1. The van der Waals surface area contributed by atoms with Crippen LogP contribution in [-0.4, -0.2) is 28.9 Å². The second-order valence-electron chi connectivity index (χ2n) is 5.26. The maximum atomic E-state index is 12.4. The average Bonchev–Trinajstić information content (AvgIpc) is 2.86. The Balaban J connectivity index is 1.78. The maximum absolute atomic E-state index is 12.4. The molecule has 1 aromatic heterocycles. The van der Waals surface area contributed by atoms with Gasteiger partial charge >= 0.3 is 0 Å². The Morgan fingerprint density at radius 1 is 1.33 bits per heavy atom. The van der Waals surface area contributed by atoms with E-state index >= 15 is 0 Å². The molecule has 1 amide bonds. The van der Waals surface area contributed by atoms with Gasteiger partial charge in [0, 0.05) is 18.7 Å². The Morgan fingerprint density at radius 2 is 2.00 bits per heavy atom. The van der Waals surface area contributed by atoms with Gasteiger partial charge in [-0.3, -0.25) is 4.79 Å². The van der Waals surface area contributed by atoms with Gasteiger partial charge in [-0.1, -0.05) is 18.0 Å². The summed E-state index contributed by atoms with van der Waals surface area (Å²) in [5.74, 6) is 1.72. The SMILES string of the molecule is Nc1cc(C(=O)N2CC3CCCC3C2)cc(Cl)n1. The highest BCUT2D eigenvalue weighted by Crippen LogP contribution is 2.38. The van der Waals surface area contributed by atoms with Gasteiger partial charge in [-0.2, -0.15) is 0 Å². The molecule has 1 saturated heterocycles. The summed E-state index contributed by atoms with van der Waals surface area (Å²) in [5, 5.41) is 0.276. The number of aromatic nitrogens is 1. The summed E-state index contributed by atoms with van der Waals surface area (Å²) in [6.45, 7) is 1.76. The number of amides is 1. The number of nitrogens with zero attached hydrogens (tertiary/aromatic N) is 2. The molecule has 0 bridgehead atoms. The molecule has 2 fully saturated rings. The van der Waals surface area contributed by atoms with Crippen molar-refractivity contribution in [2.24, 2.45) is 11.8 Å². The van der Waals surface area contributed by atoms with E-state index in [9.17, 15) is 4.79 Å². The summed E-state index contributed by atoms with van der Waals surface area (Å²) in [6.07, 6.45) is 3.83. The Hall–Kier alpha value is -1.29. The second kappa shape index (κ2) is 4.43. The number of nitrogen functional groups attached to an aromatic ring is 1. The predicted octanol–water partition coefficient (Wildman–Crippen LogP) is 2.19. The third-order valence-electron chi connectivity index (χ3n) is 4.07. The number of nitrogens with two attached hydrogens (primary N) is 1. The minimum absolute atomic E-state index is 0.0281. The predicted molar refractivity (Wildman–Crippen MR) is 70.4 cm³/mol. The molecule has 2 unspecified atom stereocenters. The van der Waals surface area contributed by atoms with Crippen molar-refractivity contribution in [3.8, 4) is 0 Å². The fraction of sp³-hybridized carbons (Fsp3) is 0.538. The van der Waals surface area contributed by atoms with E-state index in [1.165, 1.54) is 19.3 Å². The van der Waals surface area contributed by atoms with Crippen molar-refractivity contribution in [2.45, 2.75) is 19.3 Å². The number of anilines is 1. The molecule has 2 N–H and O–H groups in total. The van der Waals surface area contributed by atoms with Crippen LogP contribution in [-0.2, 0) is 0 Å². The van der Waals surface area contributed by atoms with Crippen LogP contribution in [0.15, 0.2) is 12.1 Å². The molecule has 2 heterocycles. The van der Waals surface area contributed by atoms with Crippen LogP contribution in [0.3, 0.4) is 0 Å². The first-order valence-corrected chi connectivity index (χ1v) is 6.73. The normalized spacial score (nSPS) is 26.4. The highest BCUT2D eigenvalue weighted by Gasteiger charge is 2.38. The van der Waals surface area contributed by atoms with Crippen LogP contribution in [0.2, 0.25) is 5.15 Å². The van der Waals surface area contributed by atoms with Gasteiger partial charge in [0.2, 0.25) is 0 Å². The number of carbonyl (C=O) groups is 1. The Kier molecular flexibility index (Phi) is 2.90. The van der Waals surface area contributed by atoms with E-state index in [-0.39, 0.29) is 11.1 Å². The summed E-state index contributed by atoms with van der Waals surface area (Å²) in [6, 6.07) is 3.19. The minimum atomic E-state index is 0.0281. The van der Waals surface area contributed by atoms with Gasteiger partial charge in [0.05, 0.1) is 0 Å².